The molecular weight excluding hydrogens is 341 g/mol. The van der Waals surface area contributed by atoms with Crippen molar-refractivity contribution in [1.82, 2.24) is 13.9 Å². The number of imidazole rings is 1. The molecular formula is C18H18FN3O2S. The van der Waals surface area contributed by atoms with Gasteiger partial charge in [-0.05, 0) is 42.8 Å². The second-order valence-corrected chi connectivity index (χ2v) is 8.26. The van der Waals surface area contributed by atoms with Gasteiger partial charge in [0.1, 0.15) is 11.6 Å². The zero-order chi connectivity index (χ0) is 17.6. The molecule has 1 aliphatic rings. The van der Waals surface area contributed by atoms with Crippen LogP contribution in [0.2, 0.25) is 0 Å². The first-order valence-corrected chi connectivity index (χ1v) is 9.58. The maximum Gasteiger partial charge on any atom is 0.243 e. The van der Waals surface area contributed by atoms with Crippen molar-refractivity contribution >= 4 is 21.1 Å². The summed E-state index contributed by atoms with van der Waals surface area (Å²) in [5.41, 5.74) is 1.96. The van der Waals surface area contributed by atoms with Gasteiger partial charge in [0, 0.05) is 26.1 Å². The van der Waals surface area contributed by atoms with Crippen LogP contribution in [0.1, 0.15) is 18.2 Å². The van der Waals surface area contributed by atoms with Gasteiger partial charge in [-0.25, -0.2) is 17.8 Å². The van der Waals surface area contributed by atoms with Crippen LogP contribution in [0.5, 0.6) is 0 Å². The fourth-order valence-corrected chi connectivity index (χ4v) is 4.94. The molecule has 7 heteroatoms. The van der Waals surface area contributed by atoms with E-state index in [4.69, 9.17) is 0 Å². The summed E-state index contributed by atoms with van der Waals surface area (Å²) in [6, 6.07) is 12.8. The summed E-state index contributed by atoms with van der Waals surface area (Å²) in [5, 5.41) is 0. The minimum atomic E-state index is -3.61. The van der Waals surface area contributed by atoms with Crippen LogP contribution in [-0.2, 0) is 17.1 Å². The molecule has 0 bridgehead atoms. The molecule has 2 heterocycles. The lowest BCUT2D eigenvalue weighted by Crippen LogP contribution is -2.28. The molecule has 0 N–H and O–H groups in total. The predicted octanol–water partition coefficient (Wildman–Crippen LogP) is 2.89. The lowest BCUT2D eigenvalue weighted by molar-refractivity contribution is 0.470. The lowest BCUT2D eigenvalue weighted by Gasteiger charge is -2.16. The van der Waals surface area contributed by atoms with Crippen LogP contribution >= 0.6 is 0 Å². The lowest BCUT2D eigenvalue weighted by atomic mass is 10.1. The van der Waals surface area contributed by atoms with Crippen molar-refractivity contribution in [3.05, 3.63) is 60.2 Å². The average molecular weight is 359 g/mol. The Balaban J connectivity index is 1.62. The van der Waals surface area contributed by atoms with Crippen molar-refractivity contribution in [2.24, 2.45) is 7.05 Å². The number of halogens is 1. The van der Waals surface area contributed by atoms with E-state index < -0.39 is 15.8 Å². The second-order valence-electron chi connectivity index (χ2n) is 6.32. The number of hydrogen-bond acceptors (Lipinski definition) is 3. The number of aromatic nitrogens is 2. The molecule has 5 nitrogen and oxygen atoms in total. The molecule has 0 unspecified atom stereocenters. The number of benzene rings is 2. The normalized spacial score (nSPS) is 18.9. The van der Waals surface area contributed by atoms with Crippen LogP contribution in [0, 0.1) is 5.82 Å². The van der Waals surface area contributed by atoms with Crippen LogP contribution in [0.4, 0.5) is 4.39 Å². The Bertz CT molecular complexity index is 1030. The fourth-order valence-electron chi connectivity index (χ4n) is 3.44. The van der Waals surface area contributed by atoms with E-state index in [2.05, 4.69) is 4.98 Å². The molecule has 1 aromatic heterocycles. The molecule has 25 heavy (non-hydrogen) atoms. The first-order chi connectivity index (χ1) is 12.0. The van der Waals surface area contributed by atoms with E-state index in [1.165, 1.54) is 28.6 Å². The first-order valence-electron chi connectivity index (χ1n) is 8.14. The van der Waals surface area contributed by atoms with Crippen molar-refractivity contribution in [1.29, 1.82) is 0 Å². The highest BCUT2D eigenvalue weighted by molar-refractivity contribution is 7.89. The number of fused-ring (bicyclic) bond motifs is 1. The van der Waals surface area contributed by atoms with Crippen molar-refractivity contribution in [2.75, 3.05) is 13.1 Å². The largest absolute Gasteiger partial charge is 0.331 e. The zero-order valence-corrected chi connectivity index (χ0v) is 14.6. The second kappa shape index (κ2) is 5.93. The molecule has 1 saturated heterocycles. The van der Waals surface area contributed by atoms with Gasteiger partial charge in [0.25, 0.3) is 0 Å². The Kier molecular flexibility index (Phi) is 3.85. The predicted molar refractivity (Wildman–Crippen MR) is 93.2 cm³/mol. The summed E-state index contributed by atoms with van der Waals surface area (Å²) < 4.78 is 42.1. The van der Waals surface area contributed by atoms with Gasteiger partial charge in [0.05, 0.1) is 15.9 Å². The summed E-state index contributed by atoms with van der Waals surface area (Å²) in [7, 11) is -1.65. The third-order valence-electron chi connectivity index (χ3n) is 4.79. The van der Waals surface area contributed by atoms with E-state index in [1.54, 1.807) is 0 Å². The number of sulfonamides is 1. The molecule has 1 fully saturated rings. The Hall–Kier alpha value is -2.25. The van der Waals surface area contributed by atoms with Gasteiger partial charge >= 0.3 is 0 Å². The first kappa shape index (κ1) is 16.2. The van der Waals surface area contributed by atoms with Gasteiger partial charge in [-0.3, -0.25) is 0 Å². The third kappa shape index (κ3) is 2.73. The van der Waals surface area contributed by atoms with Gasteiger partial charge in [0.15, 0.2) is 0 Å². The monoisotopic (exact) mass is 359 g/mol. The maximum atomic E-state index is 13.1. The molecule has 130 valence electrons. The van der Waals surface area contributed by atoms with Gasteiger partial charge < -0.3 is 4.57 Å². The highest BCUT2D eigenvalue weighted by atomic mass is 32.2. The topological polar surface area (TPSA) is 55.2 Å². The van der Waals surface area contributed by atoms with Crippen molar-refractivity contribution in [3.63, 3.8) is 0 Å². The van der Waals surface area contributed by atoms with Crippen molar-refractivity contribution < 1.29 is 12.8 Å². The summed E-state index contributed by atoms with van der Waals surface area (Å²) in [6.07, 6.45) is 0.720. The van der Waals surface area contributed by atoms with Gasteiger partial charge in [0.2, 0.25) is 10.0 Å². The molecule has 1 aliphatic heterocycles. The number of aryl methyl sites for hydroxylation is 1. The van der Waals surface area contributed by atoms with Crippen LogP contribution in [-0.4, -0.2) is 35.4 Å². The quantitative estimate of drug-likeness (QED) is 0.723. The van der Waals surface area contributed by atoms with Crippen LogP contribution in [0.3, 0.4) is 0 Å². The van der Waals surface area contributed by atoms with E-state index in [1.807, 2.05) is 35.9 Å². The highest BCUT2D eigenvalue weighted by Crippen LogP contribution is 2.32. The SMILES string of the molecule is Cn1c([C@H]2CCN(S(=O)(=O)c3ccc(F)cc3)C2)nc2ccccc21. The van der Waals surface area contributed by atoms with Crippen molar-refractivity contribution in [2.45, 2.75) is 17.2 Å². The van der Waals surface area contributed by atoms with Gasteiger partial charge in [-0.1, -0.05) is 12.1 Å². The van der Waals surface area contributed by atoms with E-state index >= 15 is 0 Å². The van der Waals surface area contributed by atoms with Gasteiger partial charge in [-0.15, -0.1) is 0 Å². The Labute approximate surface area is 145 Å². The summed E-state index contributed by atoms with van der Waals surface area (Å²) in [5.74, 6) is 0.503. The molecule has 3 aromatic rings. The molecule has 1 atom stereocenters. The third-order valence-corrected chi connectivity index (χ3v) is 6.67. The highest BCUT2D eigenvalue weighted by Gasteiger charge is 2.35. The number of hydrogen-bond donors (Lipinski definition) is 0. The Morgan fingerprint density at radius 3 is 2.56 bits per heavy atom. The molecule has 4 rings (SSSR count). The molecule has 0 aliphatic carbocycles. The minimum absolute atomic E-state index is 0.0487. The molecule has 0 spiro atoms. The van der Waals surface area contributed by atoms with E-state index in [-0.39, 0.29) is 10.8 Å². The minimum Gasteiger partial charge on any atom is -0.331 e. The number of rotatable bonds is 3. The maximum absolute atomic E-state index is 13.1. The number of nitrogens with zero attached hydrogens (tertiary/aromatic N) is 3. The fraction of sp³-hybridized carbons (Fsp3) is 0.278. The van der Waals surface area contributed by atoms with E-state index in [9.17, 15) is 12.8 Å². The zero-order valence-electron chi connectivity index (χ0n) is 13.8. The van der Waals surface area contributed by atoms with Crippen molar-refractivity contribution in [3.8, 4) is 0 Å². The Morgan fingerprint density at radius 1 is 1.12 bits per heavy atom. The molecule has 0 saturated carbocycles. The van der Waals surface area contributed by atoms with Gasteiger partial charge in [-0.2, -0.15) is 4.31 Å². The summed E-state index contributed by atoms with van der Waals surface area (Å²) in [4.78, 5) is 4.81. The van der Waals surface area contributed by atoms with E-state index in [0.29, 0.717) is 13.1 Å². The molecule has 2 aromatic carbocycles. The van der Waals surface area contributed by atoms with Crippen LogP contribution < -0.4 is 0 Å². The number of para-hydroxylation sites is 2. The Morgan fingerprint density at radius 2 is 1.84 bits per heavy atom. The van der Waals surface area contributed by atoms with Crippen LogP contribution in [0.25, 0.3) is 11.0 Å². The molecule has 0 radical (unpaired) electrons. The average Bonchev–Trinajstić information content (AvgIpc) is 3.21. The van der Waals surface area contributed by atoms with E-state index in [0.717, 1.165) is 23.3 Å². The van der Waals surface area contributed by atoms with Crippen LogP contribution in [0.15, 0.2) is 53.4 Å². The molecule has 0 amide bonds. The smallest absolute Gasteiger partial charge is 0.243 e. The standard InChI is InChI=1S/C18H18FN3O2S/c1-21-17-5-3-2-4-16(17)20-18(21)13-10-11-22(12-13)25(23,24)15-8-6-14(19)7-9-15/h2-9,13H,10-12H2,1H3/t13-/m0/s1. The summed E-state index contributed by atoms with van der Waals surface area (Å²) in [6.45, 7) is 0.824. The summed E-state index contributed by atoms with van der Waals surface area (Å²) >= 11 is 0.